The molecule has 0 spiro atoms. The van der Waals surface area contributed by atoms with Crippen molar-refractivity contribution in [1.82, 2.24) is 20.0 Å². The smallest absolute Gasteiger partial charge is 0.277 e. The van der Waals surface area contributed by atoms with Gasteiger partial charge in [0, 0.05) is 12.7 Å². The van der Waals surface area contributed by atoms with Gasteiger partial charge in [-0.2, -0.15) is 5.10 Å². The summed E-state index contributed by atoms with van der Waals surface area (Å²) in [4.78, 5) is 13.9. The Kier molecular flexibility index (Phi) is 3.57. The SMILES string of the molecule is CCn1nccc1/C=C1/NC(=S)N(Cc2ccco2)C1=O. The summed E-state index contributed by atoms with van der Waals surface area (Å²) in [5.74, 6) is 0.521. The molecule has 2 aromatic heterocycles. The van der Waals surface area contributed by atoms with Gasteiger partial charge in [-0.15, -0.1) is 0 Å². The van der Waals surface area contributed by atoms with Crippen molar-refractivity contribution in [2.24, 2.45) is 0 Å². The zero-order valence-corrected chi connectivity index (χ0v) is 12.3. The molecule has 3 heterocycles. The predicted molar refractivity (Wildman–Crippen MR) is 80.9 cm³/mol. The summed E-state index contributed by atoms with van der Waals surface area (Å²) in [6.07, 6.45) is 5.03. The van der Waals surface area contributed by atoms with Crippen molar-refractivity contribution in [3.63, 3.8) is 0 Å². The van der Waals surface area contributed by atoms with Crippen molar-refractivity contribution >= 4 is 29.3 Å². The Balaban J connectivity index is 1.83. The quantitative estimate of drug-likeness (QED) is 0.688. The number of amides is 1. The van der Waals surface area contributed by atoms with E-state index in [2.05, 4.69) is 10.4 Å². The Hall–Kier alpha value is -2.41. The molecule has 6 nitrogen and oxygen atoms in total. The van der Waals surface area contributed by atoms with Crippen molar-refractivity contribution in [2.75, 3.05) is 0 Å². The molecule has 0 bridgehead atoms. The summed E-state index contributed by atoms with van der Waals surface area (Å²) in [6.45, 7) is 3.05. The van der Waals surface area contributed by atoms with Crippen LogP contribution in [0.2, 0.25) is 0 Å². The number of thiocarbonyl (C=S) groups is 1. The monoisotopic (exact) mass is 302 g/mol. The molecular weight excluding hydrogens is 288 g/mol. The molecule has 0 aliphatic carbocycles. The molecule has 21 heavy (non-hydrogen) atoms. The largest absolute Gasteiger partial charge is 0.467 e. The third-order valence-corrected chi connectivity index (χ3v) is 3.52. The van der Waals surface area contributed by atoms with Crippen molar-refractivity contribution in [3.05, 3.63) is 47.8 Å². The van der Waals surface area contributed by atoms with E-state index in [1.807, 2.05) is 19.1 Å². The molecule has 1 aliphatic heterocycles. The standard InChI is InChI=1S/C14H14N4O2S/c1-2-18-10(5-6-15-18)8-12-13(19)17(14(21)16-12)9-11-4-3-7-20-11/h3-8H,2,9H2,1H3,(H,16,21)/b12-8+. The maximum Gasteiger partial charge on any atom is 0.277 e. The average molecular weight is 302 g/mol. The van der Waals surface area contributed by atoms with Crippen LogP contribution in [0.4, 0.5) is 0 Å². The highest BCUT2D eigenvalue weighted by atomic mass is 32.1. The second-order valence-corrected chi connectivity index (χ2v) is 4.92. The molecule has 1 saturated heterocycles. The molecule has 0 saturated carbocycles. The molecule has 2 aromatic rings. The van der Waals surface area contributed by atoms with E-state index in [1.54, 1.807) is 29.3 Å². The number of nitrogens with zero attached hydrogens (tertiary/aromatic N) is 3. The lowest BCUT2D eigenvalue weighted by atomic mass is 10.3. The second-order valence-electron chi connectivity index (χ2n) is 4.53. The highest BCUT2D eigenvalue weighted by Gasteiger charge is 2.31. The van der Waals surface area contributed by atoms with E-state index in [4.69, 9.17) is 16.6 Å². The highest BCUT2D eigenvalue weighted by molar-refractivity contribution is 7.80. The lowest BCUT2D eigenvalue weighted by Crippen LogP contribution is -2.29. The first-order chi connectivity index (χ1) is 10.2. The number of furan rings is 1. The van der Waals surface area contributed by atoms with E-state index < -0.39 is 0 Å². The Labute approximate surface area is 127 Å². The van der Waals surface area contributed by atoms with Gasteiger partial charge in [0.05, 0.1) is 18.5 Å². The molecule has 1 fully saturated rings. The first-order valence-corrected chi connectivity index (χ1v) is 6.98. The molecule has 1 N–H and O–H groups in total. The lowest BCUT2D eigenvalue weighted by molar-refractivity contribution is -0.122. The molecule has 108 valence electrons. The Bertz CT molecular complexity index is 702. The number of carbonyl (C=O) groups excluding carboxylic acids is 1. The molecule has 3 rings (SSSR count). The van der Waals surface area contributed by atoms with Crippen molar-refractivity contribution < 1.29 is 9.21 Å². The fraction of sp³-hybridized carbons (Fsp3) is 0.214. The first-order valence-electron chi connectivity index (χ1n) is 6.57. The minimum absolute atomic E-state index is 0.166. The number of hydrogen-bond acceptors (Lipinski definition) is 4. The van der Waals surface area contributed by atoms with Crippen molar-refractivity contribution in [3.8, 4) is 0 Å². The van der Waals surface area contributed by atoms with E-state index in [0.29, 0.717) is 23.1 Å². The second kappa shape index (κ2) is 5.53. The van der Waals surface area contributed by atoms with Crippen LogP contribution in [0.25, 0.3) is 6.08 Å². The van der Waals surface area contributed by atoms with Gasteiger partial charge in [0.15, 0.2) is 5.11 Å². The number of carbonyl (C=O) groups is 1. The lowest BCUT2D eigenvalue weighted by Gasteiger charge is -2.11. The average Bonchev–Trinajstić information content (AvgIpc) is 3.18. The number of nitrogens with one attached hydrogen (secondary N) is 1. The van der Waals surface area contributed by atoms with E-state index in [9.17, 15) is 4.79 Å². The highest BCUT2D eigenvalue weighted by Crippen LogP contribution is 2.17. The van der Waals surface area contributed by atoms with Gasteiger partial charge in [0.25, 0.3) is 5.91 Å². The Morgan fingerprint density at radius 1 is 1.48 bits per heavy atom. The third-order valence-electron chi connectivity index (χ3n) is 3.20. The molecule has 1 aliphatic rings. The molecule has 0 atom stereocenters. The van der Waals surface area contributed by atoms with Crippen LogP contribution in [-0.2, 0) is 17.9 Å². The van der Waals surface area contributed by atoms with Crippen LogP contribution < -0.4 is 5.32 Å². The van der Waals surface area contributed by atoms with Crippen LogP contribution in [0.15, 0.2) is 40.8 Å². The number of aryl methyl sites for hydroxylation is 1. The molecule has 0 unspecified atom stereocenters. The minimum atomic E-state index is -0.166. The maximum absolute atomic E-state index is 12.4. The normalized spacial score (nSPS) is 16.8. The zero-order valence-electron chi connectivity index (χ0n) is 11.4. The van der Waals surface area contributed by atoms with Crippen LogP contribution in [0, 0.1) is 0 Å². The predicted octanol–water partition coefficient (Wildman–Crippen LogP) is 1.75. The van der Waals surface area contributed by atoms with E-state index >= 15 is 0 Å². The summed E-state index contributed by atoms with van der Waals surface area (Å²) < 4.78 is 7.06. The number of hydrogen-bond donors (Lipinski definition) is 1. The van der Waals surface area contributed by atoms with Crippen LogP contribution in [0.3, 0.4) is 0 Å². The number of aromatic nitrogens is 2. The van der Waals surface area contributed by atoms with E-state index in [-0.39, 0.29) is 5.91 Å². The zero-order chi connectivity index (χ0) is 14.8. The van der Waals surface area contributed by atoms with Crippen LogP contribution in [0.5, 0.6) is 0 Å². The molecule has 1 amide bonds. The van der Waals surface area contributed by atoms with E-state index in [0.717, 1.165) is 12.2 Å². The summed E-state index contributed by atoms with van der Waals surface area (Å²) in [5, 5.41) is 7.49. The topological polar surface area (TPSA) is 63.3 Å². The van der Waals surface area contributed by atoms with Gasteiger partial charge in [-0.25, -0.2) is 0 Å². The number of rotatable bonds is 4. The molecule has 0 radical (unpaired) electrons. The van der Waals surface area contributed by atoms with Gasteiger partial charge in [0.1, 0.15) is 11.5 Å². The summed E-state index contributed by atoms with van der Waals surface area (Å²) in [5.41, 5.74) is 1.30. The van der Waals surface area contributed by atoms with E-state index in [1.165, 1.54) is 4.90 Å². The van der Waals surface area contributed by atoms with Gasteiger partial charge in [-0.05, 0) is 43.4 Å². The van der Waals surface area contributed by atoms with Gasteiger partial charge >= 0.3 is 0 Å². The Morgan fingerprint density at radius 3 is 3.05 bits per heavy atom. The third kappa shape index (κ3) is 2.59. The summed E-state index contributed by atoms with van der Waals surface area (Å²) in [7, 11) is 0. The summed E-state index contributed by atoms with van der Waals surface area (Å²) >= 11 is 5.21. The van der Waals surface area contributed by atoms with Crippen LogP contribution >= 0.6 is 12.2 Å². The fourth-order valence-corrected chi connectivity index (χ4v) is 2.41. The molecule has 7 heteroatoms. The molecular formula is C14H14N4O2S. The van der Waals surface area contributed by atoms with Crippen LogP contribution in [0.1, 0.15) is 18.4 Å². The Morgan fingerprint density at radius 2 is 2.33 bits per heavy atom. The first kappa shape index (κ1) is 13.6. The van der Waals surface area contributed by atoms with Crippen molar-refractivity contribution in [1.29, 1.82) is 0 Å². The maximum atomic E-state index is 12.4. The minimum Gasteiger partial charge on any atom is -0.467 e. The van der Waals surface area contributed by atoms with Gasteiger partial charge < -0.3 is 9.73 Å². The van der Waals surface area contributed by atoms with Crippen LogP contribution in [-0.4, -0.2) is 25.7 Å². The van der Waals surface area contributed by atoms with Gasteiger partial charge in [0.2, 0.25) is 0 Å². The summed E-state index contributed by atoms with van der Waals surface area (Å²) in [6, 6.07) is 5.44. The fourth-order valence-electron chi connectivity index (χ4n) is 2.15. The van der Waals surface area contributed by atoms with Gasteiger partial charge in [-0.1, -0.05) is 0 Å². The van der Waals surface area contributed by atoms with Crippen molar-refractivity contribution in [2.45, 2.75) is 20.0 Å². The van der Waals surface area contributed by atoms with Gasteiger partial charge in [-0.3, -0.25) is 14.4 Å². The molecule has 0 aromatic carbocycles.